The minimum absolute atomic E-state index is 0.120. The van der Waals surface area contributed by atoms with E-state index in [4.69, 9.17) is 14.0 Å². The van der Waals surface area contributed by atoms with E-state index < -0.39 is 0 Å². The summed E-state index contributed by atoms with van der Waals surface area (Å²) in [5.41, 5.74) is -0.465. The predicted octanol–water partition coefficient (Wildman–Crippen LogP) is 0.819. The molecule has 0 aromatic carbocycles. The third-order valence-electron chi connectivity index (χ3n) is 4.39. The van der Waals surface area contributed by atoms with E-state index in [1.807, 2.05) is 0 Å². The fourth-order valence-electron chi connectivity index (χ4n) is 2.56. The Morgan fingerprint density at radius 2 is 1.75 bits per heavy atom. The predicted molar refractivity (Wildman–Crippen MR) is 61.4 cm³/mol. The molecule has 0 spiro atoms. The van der Waals surface area contributed by atoms with E-state index in [1.54, 1.807) is 0 Å². The van der Waals surface area contributed by atoms with E-state index >= 15 is 0 Å². The number of hydrogen-bond acceptors (Lipinski definition) is 4. The fraction of sp³-hybridized carbons (Fsp3) is 1.00. The smallest absolute Gasteiger partial charge is 0.403 e. The van der Waals surface area contributed by atoms with Crippen molar-refractivity contribution in [2.45, 2.75) is 56.9 Å². The minimum atomic E-state index is -0.233. The highest BCUT2D eigenvalue weighted by Crippen LogP contribution is 2.51. The molecule has 0 radical (unpaired) electrons. The maximum Gasteiger partial charge on any atom is 0.465 e. The Kier molecular flexibility index (Phi) is 2.22. The van der Waals surface area contributed by atoms with Crippen LogP contribution in [0.15, 0.2) is 0 Å². The number of morpholine rings is 1. The molecule has 0 aromatic rings. The van der Waals surface area contributed by atoms with E-state index in [0.717, 1.165) is 13.2 Å². The molecule has 0 bridgehead atoms. The van der Waals surface area contributed by atoms with Crippen LogP contribution in [0.1, 0.15) is 27.7 Å². The van der Waals surface area contributed by atoms with Gasteiger partial charge in [-0.05, 0) is 27.7 Å². The Labute approximate surface area is 97.2 Å². The summed E-state index contributed by atoms with van der Waals surface area (Å²) in [6.45, 7) is 10.1. The molecule has 0 amide bonds. The van der Waals surface area contributed by atoms with Crippen LogP contribution in [0.4, 0.5) is 0 Å². The molecule has 5 heteroatoms. The second-order valence-corrected chi connectivity index (χ2v) is 6.02. The maximum absolute atomic E-state index is 6.04. The Hall–Kier alpha value is -0.0951. The topological polar surface area (TPSA) is 39.7 Å². The van der Waals surface area contributed by atoms with Crippen molar-refractivity contribution in [3.05, 3.63) is 0 Å². The van der Waals surface area contributed by atoms with Gasteiger partial charge in [-0.3, -0.25) is 0 Å². The Morgan fingerprint density at radius 1 is 1.12 bits per heavy atom. The van der Waals surface area contributed by atoms with Crippen LogP contribution in [0.25, 0.3) is 0 Å². The van der Waals surface area contributed by atoms with Crippen molar-refractivity contribution < 1.29 is 14.0 Å². The van der Waals surface area contributed by atoms with Crippen LogP contribution in [-0.4, -0.2) is 43.6 Å². The monoisotopic (exact) mass is 225 g/mol. The lowest BCUT2D eigenvalue weighted by molar-refractivity contribution is 0.00578. The van der Waals surface area contributed by atoms with Crippen molar-refractivity contribution in [2.75, 3.05) is 13.2 Å². The highest BCUT2D eigenvalue weighted by Gasteiger charge is 2.66. The Bertz CT molecular complexity index is 280. The van der Waals surface area contributed by atoms with E-state index in [-0.39, 0.29) is 18.3 Å². The summed E-state index contributed by atoms with van der Waals surface area (Å²) in [6, 6.07) is 0.434. The molecule has 16 heavy (non-hydrogen) atoms. The molecule has 1 saturated carbocycles. The van der Waals surface area contributed by atoms with Crippen LogP contribution >= 0.6 is 0 Å². The molecular formula is C11H20BNO3. The Balaban J connectivity index is 1.71. The van der Waals surface area contributed by atoms with Crippen LogP contribution < -0.4 is 5.32 Å². The number of nitrogens with one attached hydrogen (secondary N) is 1. The van der Waals surface area contributed by atoms with Gasteiger partial charge in [-0.2, -0.15) is 0 Å². The van der Waals surface area contributed by atoms with Gasteiger partial charge >= 0.3 is 7.12 Å². The van der Waals surface area contributed by atoms with Gasteiger partial charge in [-0.1, -0.05) is 0 Å². The van der Waals surface area contributed by atoms with Crippen LogP contribution in [0.2, 0.25) is 5.82 Å². The molecule has 2 saturated heterocycles. The van der Waals surface area contributed by atoms with Gasteiger partial charge in [0.25, 0.3) is 0 Å². The zero-order valence-electron chi connectivity index (χ0n) is 10.4. The van der Waals surface area contributed by atoms with E-state index in [2.05, 4.69) is 33.0 Å². The first-order valence-corrected chi connectivity index (χ1v) is 6.13. The van der Waals surface area contributed by atoms with E-state index in [1.165, 1.54) is 0 Å². The standard InChI is InChI=1S/C11H20BNO3/c1-10(2)11(3,4)16-12(15-10)7-8-9(7)14-6-5-13-8/h7-9,13H,5-6H2,1-4H3/t7-,8-,9+/m1/s1. The molecule has 3 rings (SSSR count). The van der Waals surface area contributed by atoms with Crippen molar-refractivity contribution >= 4 is 7.12 Å². The summed E-state index contributed by atoms with van der Waals surface area (Å²) >= 11 is 0. The number of ether oxygens (including phenoxy) is 1. The molecular weight excluding hydrogens is 205 g/mol. The summed E-state index contributed by atoms with van der Waals surface area (Å²) < 4.78 is 17.8. The molecule has 3 aliphatic rings. The molecule has 3 atom stereocenters. The number of fused-ring (bicyclic) bond motifs is 1. The first kappa shape index (κ1) is 11.0. The molecule has 0 unspecified atom stereocenters. The molecule has 4 nitrogen and oxygen atoms in total. The quantitative estimate of drug-likeness (QED) is 0.670. The van der Waals surface area contributed by atoms with Crippen LogP contribution in [0.5, 0.6) is 0 Å². The van der Waals surface area contributed by atoms with Gasteiger partial charge in [-0.25, -0.2) is 0 Å². The fourth-order valence-corrected chi connectivity index (χ4v) is 2.56. The number of rotatable bonds is 1. The van der Waals surface area contributed by atoms with Crippen LogP contribution in [-0.2, 0) is 14.0 Å². The average Bonchev–Trinajstić information content (AvgIpc) is 2.84. The van der Waals surface area contributed by atoms with Gasteiger partial charge in [0.2, 0.25) is 0 Å². The van der Waals surface area contributed by atoms with Crippen LogP contribution in [0.3, 0.4) is 0 Å². The highest BCUT2D eigenvalue weighted by molar-refractivity contribution is 6.49. The van der Waals surface area contributed by atoms with Crippen LogP contribution in [0, 0.1) is 0 Å². The zero-order valence-corrected chi connectivity index (χ0v) is 10.4. The second kappa shape index (κ2) is 3.22. The lowest BCUT2D eigenvalue weighted by atomic mass is 9.81. The van der Waals surface area contributed by atoms with E-state index in [9.17, 15) is 0 Å². The summed E-state index contributed by atoms with van der Waals surface area (Å²) in [4.78, 5) is 0. The first-order valence-electron chi connectivity index (χ1n) is 6.13. The summed E-state index contributed by atoms with van der Waals surface area (Å²) in [6.07, 6.45) is 0.295. The largest absolute Gasteiger partial charge is 0.465 e. The lowest BCUT2D eigenvalue weighted by Crippen LogP contribution is -2.41. The lowest BCUT2D eigenvalue weighted by Gasteiger charge is -2.32. The normalized spacial score (nSPS) is 44.2. The van der Waals surface area contributed by atoms with Gasteiger partial charge in [0, 0.05) is 18.4 Å². The van der Waals surface area contributed by atoms with E-state index in [0.29, 0.717) is 18.0 Å². The molecule has 1 N–H and O–H groups in total. The summed E-state index contributed by atoms with van der Waals surface area (Å²) in [5, 5.41) is 3.45. The van der Waals surface area contributed by atoms with Gasteiger partial charge < -0.3 is 19.4 Å². The summed E-state index contributed by atoms with van der Waals surface area (Å²) in [7, 11) is -0.120. The van der Waals surface area contributed by atoms with Gasteiger partial charge in [-0.15, -0.1) is 0 Å². The SMILES string of the molecule is CC1(C)OB([C@@H]2[C@H]3NCCO[C@H]32)OC1(C)C. The van der Waals surface area contributed by atoms with Gasteiger partial charge in [0.15, 0.2) is 0 Å². The molecule has 2 aliphatic heterocycles. The first-order chi connectivity index (χ1) is 7.42. The molecule has 0 aromatic heterocycles. The molecule has 90 valence electrons. The van der Waals surface area contributed by atoms with Gasteiger partial charge in [0.05, 0.1) is 23.9 Å². The highest BCUT2D eigenvalue weighted by atomic mass is 16.7. The molecule has 2 heterocycles. The minimum Gasteiger partial charge on any atom is -0.403 e. The van der Waals surface area contributed by atoms with Crippen molar-refractivity contribution in [2.24, 2.45) is 0 Å². The summed E-state index contributed by atoms with van der Waals surface area (Å²) in [5.74, 6) is 0.364. The zero-order chi connectivity index (χ0) is 11.6. The van der Waals surface area contributed by atoms with Crippen molar-refractivity contribution in [1.82, 2.24) is 5.32 Å². The van der Waals surface area contributed by atoms with Crippen molar-refractivity contribution in [1.29, 1.82) is 0 Å². The third kappa shape index (κ3) is 1.45. The second-order valence-electron chi connectivity index (χ2n) is 6.02. The third-order valence-corrected chi connectivity index (χ3v) is 4.39. The average molecular weight is 225 g/mol. The maximum atomic E-state index is 6.04. The number of hydrogen-bond donors (Lipinski definition) is 1. The van der Waals surface area contributed by atoms with Gasteiger partial charge in [0.1, 0.15) is 0 Å². The molecule has 1 aliphatic carbocycles. The Morgan fingerprint density at radius 3 is 2.25 bits per heavy atom. The van der Waals surface area contributed by atoms with Crippen molar-refractivity contribution in [3.8, 4) is 0 Å². The van der Waals surface area contributed by atoms with Crippen molar-refractivity contribution in [3.63, 3.8) is 0 Å². The molecule has 3 fully saturated rings.